The second-order valence-corrected chi connectivity index (χ2v) is 4.31. The fraction of sp³-hybridized carbons (Fsp3) is 0.364. The summed E-state index contributed by atoms with van der Waals surface area (Å²) in [6, 6.07) is 5.83. The number of thioether (sulfide) groups is 1. The van der Waals surface area contributed by atoms with E-state index in [1.807, 2.05) is 6.92 Å². The number of hydrogen-bond acceptors (Lipinski definition) is 2. The smallest absolute Gasteiger partial charge is 0.284 e. The fourth-order valence-corrected chi connectivity index (χ4v) is 2.06. The number of alkyl halides is 3. The van der Waals surface area contributed by atoms with Crippen molar-refractivity contribution < 1.29 is 18.0 Å². The number of halogens is 3. The normalized spacial score (nSPS) is 11.5. The first-order valence-electron chi connectivity index (χ1n) is 4.80. The van der Waals surface area contributed by atoms with Gasteiger partial charge in [-0.2, -0.15) is 13.2 Å². The minimum Gasteiger partial charge on any atom is -0.284 e. The lowest BCUT2D eigenvalue weighted by molar-refractivity contribution is -0.0887. The van der Waals surface area contributed by atoms with Gasteiger partial charge in [0.05, 0.1) is 0 Å². The van der Waals surface area contributed by atoms with E-state index in [-0.39, 0.29) is 5.56 Å². The third-order valence-electron chi connectivity index (χ3n) is 1.85. The maximum absolute atomic E-state index is 12.3. The maximum Gasteiger partial charge on any atom is 0.454 e. The molecule has 0 heterocycles. The van der Waals surface area contributed by atoms with E-state index in [1.165, 1.54) is 23.9 Å². The summed E-state index contributed by atoms with van der Waals surface area (Å²) in [5, 5.41) is 0. The van der Waals surface area contributed by atoms with Crippen LogP contribution in [0, 0.1) is 0 Å². The molecule has 1 nitrogen and oxygen atoms in total. The molecule has 5 heteroatoms. The second kappa shape index (κ2) is 5.39. The van der Waals surface area contributed by atoms with Gasteiger partial charge in [-0.25, -0.2) is 0 Å². The highest BCUT2D eigenvalue weighted by Crippen LogP contribution is 2.29. The van der Waals surface area contributed by atoms with Gasteiger partial charge < -0.3 is 0 Å². The molecule has 0 saturated heterocycles. The zero-order valence-electron chi connectivity index (χ0n) is 8.67. The summed E-state index contributed by atoms with van der Waals surface area (Å²) in [4.78, 5) is 11.5. The summed E-state index contributed by atoms with van der Waals surface area (Å²) in [6.45, 7) is 1.93. The predicted molar refractivity (Wildman–Crippen MR) is 57.8 cm³/mol. The molecule has 0 saturated carbocycles. The molecule has 0 N–H and O–H groups in total. The molecule has 0 amide bonds. The Morgan fingerprint density at radius 2 is 1.94 bits per heavy atom. The van der Waals surface area contributed by atoms with Crippen LogP contribution >= 0.6 is 11.8 Å². The van der Waals surface area contributed by atoms with Gasteiger partial charge in [0.25, 0.3) is 5.78 Å². The molecule has 16 heavy (non-hydrogen) atoms. The standard InChI is InChI=1S/C11H11F3OS/c1-2-7-16-9-6-4-3-5-8(9)10(15)11(12,13)14/h3-6H,2,7H2,1H3. The molecular weight excluding hydrogens is 237 g/mol. The van der Waals surface area contributed by atoms with Crippen LogP contribution in [0.3, 0.4) is 0 Å². The van der Waals surface area contributed by atoms with Crippen molar-refractivity contribution in [3.8, 4) is 0 Å². The summed E-state index contributed by atoms with van der Waals surface area (Å²) in [5.41, 5.74) is -0.256. The quantitative estimate of drug-likeness (QED) is 0.593. The Labute approximate surface area is 96.0 Å². The van der Waals surface area contributed by atoms with Crippen molar-refractivity contribution in [2.24, 2.45) is 0 Å². The Balaban J connectivity index is 2.99. The molecule has 0 aliphatic rings. The van der Waals surface area contributed by atoms with Crippen LogP contribution in [-0.2, 0) is 0 Å². The van der Waals surface area contributed by atoms with Crippen molar-refractivity contribution >= 4 is 17.5 Å². The molecule has 0 bridgehead atoms. The molecular formula is C11H11F3OS. The minimum absolute atomic E-state index is 0.256. The molecule has 0 fully saturated rings. The molecule has 0 aliphatic heterocycles. The lowest BCUT2D eigenvalue weighted by atomic mass is 10.1. The largest absolute Gasteiger partial charge is 0.454 e. The average molecular weight is 248 g/mol. The predicted octanol–water partition coefficient (Wildman–Crippen LogP) is 3.93. The van der Waals surface area contributed by atoms with Crippen LogP contribution in [-0.4, -0.2) is 17.7 Å². The van der Waals surface area contributed by atoms with E-state index in [2.05, 4.69) is 0 Å². The van der Waals surface area contributed by atoms with E-state index >= 15 is 0 Å². The summed E-state index contributed by atoms with van der Waals surface area (Å²) >= 11 is 1.27. The van der Waals surface area contributed by atoms with Gasteiger partial charge in [0.2, 0.25) is 0 Å². The van der Waals surface area contributed by atoms with Gasteiger partial charge in [0.15, 0.2) is 0 Å². The lowest BCUT2D eigenvalue weighted by Crippen LogP contribution is -2.23. The second-order valence-electron chi connectivity index (χ2n) is 3.17. The van der Waals surface area contributed by atoms with E-state index in [0.29, 0.717) is 10.6 Å². The number of hydrogen-bond donors (Lipinski definition) is 0. The Morgan fingerprint density at radius 3 is 2.50 bits per heavy atom. The van der Waals surface area contributed by atoms with Gasteiger partial charge in [-0.15, -0.1) is 11.8 Å². The van der Waals surface area contributed by atoms with Crippen LogP contribution in [0.5, 0.6) is 0 Å². The molecule has 0 atom stereocenters. The molecule has 0 aliphatic carbocycles. The van der Waals surface area contributed by atoms with E-state index < -0.39 is 12.0 Å². The van der Waals surface area contributed by atoms with Crippen LogP contribution in [0.15, 0.2) is 29.2 Å². The van der Waals surface area contributed by atoms with Crippen molar-refractivity contribution in [1.82, 2.24) is 0 Å². The van der Waals surface area contributed by atoms with Crippen LogP contribution in [0.4, 0.5) is 13.2 Å². The number of ketones is 1. The molecule has 0 radical (unpaired) electrons. The Bertz CT molecular complexity index is 374. The van der Waals surface area contributed by atoms with Crippen LogP contribution in [0.1, 0.15) is 23.7 Å². The van der Waals surface area contributed by atoms with E-state index in [1.54, 1.807) is 12.1 Å². The topological polar surface area (TPSA) is 17.1 Å². The van der Waals surface area contributed by atoms with Gasteiger partial charge in [-0.05, 0) is 24.3 Å². The van der Waals surface area contributed by atoms with Crippen molar-refractivity contribution in [3.63, 3.8) is 0 Å². The van der Waals surface area contributed by atoms with Crippen LogP contribution in [0.25, 0.3) is 0 Å². The average Bonchev–Trinajstić information content (AvgIpc) is 2.24. The molecule has 0 unspecified atom stereocenters. The first-order chi connectivity index (χ1) is 7.46. The number of carbonyl (C=O) groups excluding carboxylic acids is 1. The molecule has 1 aromatic carbocycles. The van der Waals surface area contributed by atoms with E-state index in [9.17, 15) is 18.0 Å². The molecule has 88 valence electrons. The zero-order valence-corrected chi connectivity index (χ0v) is 9.49. The van der Waals surface area contributed by atoms with Gasteiger partial charge >= 0.3 is 6.18 Å². The summed E-state index contributed by atoms with van der Waals surface area (Å²) in [6.07, 6.45) is -3.96. The first-order valence-corrected chi connectivity index (χ1v) is 5.78. The van der Waals surface area contributed by atoms with Crippen molar-refractivity contribution in [1.29, 1.82) is 0 Å². The van der Waals surface area contributed by atoms with Crippen LogP contribution in [0.2, 0.25) is 0 Å². The van der Waals surface area contributed by atoms with Gasteiger partial charge in [0, 0.05) is 10.5 Å². The Morgan fingerprint density at radius 1 is 1.31 bits per heavy atom. The molecule has 1 aromatic rings. The number of carbonyl (C=O) groups is 1. The van der Waals surface area contributed by atoms with E-state index in [0.717, 1.165) is 6.42 Å². The summed E-state index contributed by atoms with van der Waals surface area (Å²) < 4.78 is 36.8. The van der Waals surface area contributed by atoms with Crippen molar-refractivity contribution in [3.05, 3.63) is 29.8 Å². The zero-order chi connectivity index (χ0) is 12.2. The third kappa shape index (κ3) is 3.27. The molecule has 0 aromatic heterocycles. The fourth-order valence-electron chi connectivity index (χ4n) is 1.14. The monoisotopic (exact) mass is 248 g/mol. The van der Waals surface area contributed by atoms with Crippen LogP contribution < -0.4 is 0 Å². The summed E-state index contributed by atoms with van der Waals surface area (Å²) in [7, 11) is 0. The van der Waals surface area contributed by atoms with E-state index in [4.69, 9.17) is 0 Å². The lowest BCUT2D eigenvalue weighted by Gasteiger charge is -2.09. The van der Waals surface area contributed by atoms with Gasteiger partial charge in [-0.3, -0.25) is 4.79 Å². The molecule has 0 spiro atoms. The maximum atomic E-state index is 12.3. The SMILES string of the molecule is CCCSc1ccccc1C(=O)C(F)(F)F. The minimum atomic E-state index is -4.80. The first kappa shape index (κ1) is 13.1. The Hall–Kier alpha value is -0.970. The van der Waals surface area contributed by atoms with Gasteiger partial charge in [-0.1, -0.05) is 19.1 Å². The third-order valence-corrected chi connectivity index (χ3v) is 3.13. The molecule has 1 rings (SSSR count). The van der Waals surface area contributed by atoms with Crippen molar-refractivity contribution in [2.75, 3.05) is 5.75 Å². The van der Waals surface area contributed by atoms with Gasteiger partial charge in [0.1, 0.15) is 0 Å². The highest BCUT2D eigenvalue weighted by atomic mass is 32.2. The Kier molecular flexibility index (Phi) is 4.41. The van der Waals surface area contributed by atoms with Crippen molar-refractivity contribution in [2.45, 2.75) is 24.4 Å². The number of rotatable bonds is 4. The number of benzene rings is 1. The number of Topliss-reactive ketones (excluding diaryl/α,β-unsaturated/α-hetero) is 1. The highest BCUT2D eigenvalue weighted by Gasteiger charge is 2.40. The summed E-state index contributed by atoms with van der Waals surface area (Å²) in [5.74, 6) is -1.07. The highest BCUT2D eigenvalue weighted by molar-refractivity contribution is 7.99.